The van der Waals surface area contributed by atoms with Crippen LogP contribution in [-0.2, 0) is 5.54 Å². The van der Waals surface area contributed by atoms with Gasteiger partial charge in [0.15, 0.2) is 0 Å². The second-order valence-electron chi connectivity index (χ2n) is 7.20. The van der Waals surface area contributed by atoms with Gasteiger partial charge in [0.05, 0.1) is 17.6 Å². The molecule has 31 heavy (non-hydrogen) atoms. The lowest BCUT2D eigenvalue weighted by Crippen LogP contribution is -2.36. The summed E-state index contributed by atoms with van der Waals surface area (Å²) in [5.41, 5.74) is 4.20. The molecule has 5 aromatic rings. The Morgan fingerprint density at radius 3 is 1.68 bits per heavy atom. The Morgan fingerprint density at radius 2 is 1.19 bits per heavy atom. The molecule has 0 aliphatic heterocycles. The van der Waals surface area contributed by atoms with Gasteiger partial charge in [-0.3, -0.25) is 0 Å². The van der Waals surface area contributed by atoms with Gasteiger partial charge in [0, 0.05) is 12.4 Å². The summed E-state index contributed by atoms with van der Waals surface area (Å²) < 4.78 is 2.14. The molecule has 5 rings (SSSR count). The largest absolute Gasteiger partial charge is 0.318 e. The van der Waals surface area contributed by atoms with Crippen LogP contribution in [-0.4, -0.2) is 19.5 Å². The number of benzene rings is 3. The lowest BCUT2D eigenvalue weighted by Gasteiger charge is -2.37. The Morgan fingerprint density at radius 1 is 0.677 bits per heavy atom. The van der Waals surface area contributed by atoms with E-state index in [0.29, 0.717) is 10.7 Å². The predicted octanol–water partition coefficient (Wildman–Crippen LogP) is 5.83. The van der Waals surface area contributed by atoms with Crippen molar-refractivity contribution in [3.8, 4) is 11.3 Å². The number of halogens is 1. The third kappa shape index (κ3) is 3.31. The third-order valence-corrected chi connectivity index (χ3v) is 5.79. The zero-order valence-corrected chi connectivity index (χ0v) is 17.4. The molecule has 150 valence electrons. The van der Waals surface area contributed by atoms with E-state index in [-0.39, 0.29) is 0 Å². The van der Waals surface area contributed by atoms with E-state index in [1.54, 1.807) is 6.20 Å². The first kappa shape index (κ1) is 19.2. The van der Waals surface area contributed by atoms with Crippen molar-refractivity contribution in [3.05, 3.63) is 138 Å². The fraction of sp³-hybridized carbons (Fsp3) is 0.0385. The zero-order valence-electron chi connectivity index (χ0n) is 16.6. The zero-order chi connectivity index (χ0) is 21.1. The molecule has 0 atom stereocenters. The Hall–Kier alpha value is -3.76. The molecule has 5 heteroatoms. The van der Waals surface area contributed by atoms with Crippen LogP contribution in [0.4, 0.5) is 0 Å². The maximum absolute atomic E-state index is 6.33. The maximum Gasteiger partial charge on any atom is 0.141 e. The van der Waals surface area contributed by atoms with Gasteiger partial charge in [-0.15, -0.1) is 0 Å². The van der Waals surface area contributed by atoms with Crippen LogP contribution in [0.15, 0.2) is 116 Å². The molecular formula is C26H19ClN4. The molecule has 0 saturated carbocycles. The summed E-state index contributed by atoms with van der Waals surface area (Å²) in [6.45, 7) is 0. The van der Waals surface area contributed by atoms with Crippen molar-refractivity contribution >= 4 is 11.6 Å². The summed E-state index contributed by atoms with van der Waals surface area (Å²) in [5.74, 6) is 0. The SMILES string of the molecule is Clc1ncncc1-c1cn(C(c2ccccc2)(c2ccccc2)c2ccccc2)cn1. The molecule has 0 fully saturated rings. The van der Waals surface area contributed by atoms with Crippen molar-refractivity contribution in [2.75, 3.05) is 0 Å². The van der Waals surface area contributed by atoms with Gasteiger partial charge >= 0.3 is 0 Å². The molecule has 2 aromatic heterocycles. The van der Waals surface area contributed by atoms with Crippen molar-refractivity contribution in [2.24, 2.45) is 0 Å². The van der Waals surface area contributed by atoms with Gasteiger partial charge in [-0.25, -0.2) is 15.0 Å². The van der Waals surface area contributed by atoms with Gasteiger partial charge in [0.25, 0.3) is 0 Å². The van der Waals surface area contributed by atoms with Crippen molar-refractivity contribution in [2.45, 2.75) is 5.54 Å². The van der Waals surface area contributed by atoms with E-state index in [2.05, 4.69) is 92.3 Å². The molecule has 0 unspecified atom stereocenters. The first-order chi connectivity index (χ1) is 15.3. The van der Waals surface area contributed by atoms with E-state index in [9.17, 15) is 0 Å². The smallest absolute Gasteiger partial charge is 0.141 e. The van der Waals surface area contributed by atoms with Crippen LogP contribution >= 0.6 is 11.6 Å². The quantitative estimate of drug-likeness (QED) is 0.264. The first-order valence-electron chi connectivity index (χ1n) is 9.97. The molecule has 2 heterocycles. The molecule has 0 aliphatic rings. The average molecular weight is 423 g/mol. The number of hydrogen-bond donors (Lipinski definition) is 0. The van der Waals surface area contributed by atoms with Gasteiger partial charge in [0.2, 0.25) is 0 Å². The van der Waals surface area contributed by atoms with Gasteiger partial charge in [-0.2, -0.15) is 0 Å². The Kier molecular flexibility index (Phi) is 5.06. The number of rotatable bonds is 5. The Balaban J connectivity index is 1.83. The highest BCUT2D eigenvalue weighted by Crippen LogP contribution is 2.41. The van der Waals surface area contributed by atoms with E-state index in [1.807, 2.05) is 30.7 Å². The van der Waals surface area contributed by atoms with Crippen molar-refractivity contribution in [1.82, 2.24) is 19.5 Å². The highest BCUT2D eigenvalue weighted by molar-refractivity contribution is 6.31. The molecule has 0 bridgehead atoms. The summed E-state index contributed by atoms with van der Waals surface area (Å²) >= 11 is 6.33. The molecular weight excluding hydrogens is 404 g/mol. The minimum absolute atomic E-state index is 0.380. The monoisotopic (exact) mass is 422 g/mol. The van der Waals surface area contributed by atoms with Gasteiger partial charge in [-0.05, 0) is 16.7 Å². The van der Waals surface area contributed by atoms with Crippen LogP contribution in [0.5, 0.6) is 0 Å². The van der Waals surface area contributed by atoms with E-state index in [1.165, 1.54) is 6.33 Å². The molecule has 4 nitrogen and oxygen atoms in total. The summed E-state index contributed by atoms with van der Waals surface area (Å²) in [7, 11) is 0. The second kappa shape index (κ2) is 8.17. The van der Waals surface area contributed by atoms with Crippen LogP contribution in [0.1, 0.15) is 16.7 Å². The third-order valence-electron chi connectivity index (χ3n) is 5.48. The summed E-state index contributed by atoms with van der Waals surface area (Å²) in [5, 5.41) is 0.380. The minimum Gasteiger partial charge on any atom is -0.318 e. The van der Waals surface area contributed by atoms with E-state index < -0.39 is 5.54 Å². The first-order valence-corrected chi connectivity index (χ1v) is 10.3. The maximum atomic E-state index is 6.33. The Bertz CT molecular complexity index is 1190. The molecule has 3 aromatic carbocycles. The van der Waals surface area contributed by atoms with Crippen LogP contribution in [0.3, 0.4) is 0 Å². The molecule has 0 spiro atoms. The van der Waals surface area contributed by atoms with Gasteiger partial charge in [-0.1, -0.05) is 103 Å². The highest BCUT2D eigenvalue weighted by atomic mass is 35.5. The standard InChI is InChI=1S/C26H19ClN4/c27-25-23(16-28-18-29-25)24-17-31(19-30-24)26(20-10-4-1-5-11-20,21-12-6-2-7-13-21)22-14-8-3-9-15-22/h1-19H. The van der Waals surface area contributed by atoms with Crippen molar-refractivity contribution < 1.29 is 0 Å². The van der Waals surface area contributed by atoms with Gasteiger partial charge < -0.3 is 4.57 Å². The average Bonchev–Trinajstić information content (AvgIpc) is 3.32. The summed E-state index contributed by atoms with van der Waals surface area (Å²) in [4.78, 5) is 12.9. The fourth-order valence-electron chi connectivity index (χ4n) is 4.12. The summed E-state index contributed by atoms with van der Waals surface area (Å²) in [6.07, 6.45) is 6.99. The number of hydrogen-bond acceptors (Lipinski definition) is 3. The minimum atomic E-state index is -0.614. The molecule has 0 aliphatic carbocycles. The predicted molar refractivity (Wildman–Crippen MR) is 123 cm³/mol. The summed E-state index contributed by atoms with van der Waals surface area (Å²) in [6, 6.07) is 31.4. The number of aromatic nitrogens is 4. The van der Waals surface area contributed by atoms with E-state index in [0.717, 1.165) is 22.4 Å². The number of imidazole rings is 1. The molecule has 0 amide bonds. The van der Waals surface area contributed by atoms with E-state index >= 15 is 0 Å². The Labute approximate surface area is 185 Å². The highest BCUT2D eigenvalue weighted by Gasteiger charge is 2.38. The molecule has 0 radical (unpaired) electrons. The van der Waals surface area contributed by atoms with Crippen LogP contribution in [0, 0.1) is 0 Å². The van der Waals surface area contributed by atoms with Gasteiger partial charge in [0.1, 0.15) is 17.0 Å². The van der Waals surface area contributed by atoms with E-state index in [4.69, 9.17) is 11.6 Å². The normalized spacial score (nSPS) is 11.4. The van der Waals surface area contributed by atoms with Crippen molar-refractivity contribution in [3.63, 3.8) is 0 Å². The lowest BCUT2D eigenvalue weighted by atomic mass is 9.77. The van der Waals surface area contributed by atoms with Crippen LogP contribution in [0.25, 0.3) is 11.3 Å². The van der Waals surface area contributed by atoms with Crippen molar-refractivity contribution in [1.29, 1.82) is 0 Å². The molecule has 0 saturated heterocycles. The van der Waals surface area contributed by atoms with Crippen LogP contribution in [0.2, 0.25) is 5.15 Å². The van der Waals surface area contributed by atoms with Crippen LogP contribution < -0.4 is 0 Å². The number of nitrogens with zero attached hydrogens (tertiary/aromatic N) is 4. The lowest BCUT2D eigenvalue weighted by molar-refractivity contribution is 0.515. The molecule has 0 N–H and O–H groups in total. The topological polar surface area (TPSA) is 43.6 Å². The fourth-order valence-corrected chi connectivity index (χ4v) is 4.31. The second-order valence-corrected chi connectivity index (χ2v) is 7.56.